The van der Waals surface area contributed by atoms with Crippen molar-refractivity contribution in [2.24, 2.45) is 0 Å². The van der Waals surface area contributed by atoms with Crippen LogP contribution in [-0.4, -0.2) is 28.9 Å². The fraction of sp³-hybridized carbons (Fsp3) is 0.150. The van der Waals surface area contributed by atoms with Crippen molar-refractivity contribution >= 4 is 11.9 Å². The smallest absolute Gasteiger partial charge is 0.231 e. The third-order valence-corrected chi connectivity index (χ3v) is 4.05. The number of fused-ring (bicyclic) bond motifs is 1. The van der Waals surface area contributed by atoms with Gasteiger partial charge in [-0.3, -0.25) is 9.69 Å². The Balaban J connectivity index is 1.95. The first-order valence-corrected chi connectivity index (χ1v) is 8.04. The van der Waals surface area contributed by atoms with E-state index < -0.39 is 0 Å². The number of Topliss-reactive ketones (excluding diaryl/α,β-unsaturated/α-hetero) is 1. The number of rotatable bonds is 5. The van der Waals surface area contributed by atoms with Crippen LogP contribution in [0.25, 0.3) is 6.08 Å². The molecule has 1 heterocycles. The molecule has 0 atom stereocenters. The highest BCUT2D eigenvalue weighted by atomic mass is 19.1. The Morgan fingerprint density at radius 2 is 1.78 bits per heavy atom. The van der Waals surface area contributed by atoms with Crippen molar-refractivity contribution < 1.29 is 19.0 Å². The normalized spacial score (nSPS) is 13.9. The van der Waals surface area contributed by atoms with E-state index in [0.29, 0.717) is 11.1 Å². The molecule has 0 bridgehead atoms. The van der Waals surface area contributed by atoms with Crippen LogP contribution in [0.15, 0.2) is 42.2 Å². The quantitative estimate of drug-likeness (QED) is 0.648. The molecule has 0 fully saturated rings. The van der Waals surface area contributed by atoms with Gasteiger partial charge in [-0.2, -0.15) is 10.5 Å². The Morgan fingerprint density at radius 3 is 2.41 bits per heavy atom. The zero-order valence-corrected chi connectivity index (χ0v) is 14.1. The van der Waals surface area contributed by atoms with E-state index in [-0.39, 0.29) is 54.1 Å². The van der Waals surface area contributed by atoms with Crippen molar-refractivity contribution in [1.29, 1.82) is 10.5 Å². The van der Waals surface area contributed by atoms with Gasteiger partial charge < -0.3 is 9.84 Å². The summed E-state index contributed by atoms with van der Waals surface area (Å²) in [4.78, 5) is 14.1. The Kier molecular flexibility index (Phi) is 5.16. The van der Waals surface area contributed by atoms with Crippen LogP contribution in [0.5, 0.6) is 11.5 Å². The van der Waals surface area contributed by atoms with Crippen molar-refractivity contribution in [2.75, 3.05) is 13.1 Å². The first-order chi connectivity index (χ1) is 13.0. The number of phenols is 1. The van der Waals surface area contributed by atoms with Gasteiger partial charge in [0.05, 0.1) is 36.4 Å². The highest BCUT2D eigenvalue weighted by molar-refractivity contribution is 6.15. The molecule has 1 N–H and O–H groups in total. The number of benzene rings is 2. The number of allylic oxidation sites excluding steroid dienone is 1. The molecule has 134 valence electrons. The molecule has 0 spiro atoms. The number of carbonyl (C=O) groups excluding carboxylic acids is 1. The molecule has 0 aliphatic carbocycles. The highest BCUT2D eigenvalue weighted by Gasteiger charge is 2.31. The number of carbonyl (C=O) groups is 1. The molecule has 27 heavy (non-hydrogen) atoms. The topological polar surface area (TPSA) is 97.3 Å². The SMILES string of the molecule is N#CCN(CC#N)Cc1c(O)ccc2c1O/C(=C\c1ccc(F)cc1)C2=O. The average molecular weight is 363 g/mol. The molecule has 0 radical (unpaired) electrons. The summed E-state index contributed by atoms with van der Waals surface area (Å²) in [5, 5.41) is 28.0. The van der Waals surface area contributed by atoms with Gasteiger partial charge in [-0.05, 0) is 35.9 Å². The van der Waals surface area contributed by atoms with Crippen molar-refractivity contribution in [3.05, 3.63) is 64.7 Å². The van der Waals surface area contributed by atoms with E-state index >= 15 is 0 Å². The number of nitrogens with zero attached hydrogens (tertiary/aromatic N) is 3. The molecular formula is C20H14FN3O3. The Morgan fingerprint density at radius 1 is 1.11 bits per heavy atom. The van der Waals surface area contributed by atoms with Crippen molar-refractivity contribution in [2.45, 2.75) is 6.54 Å². The summed E-state index contributed by atoms with van der Waals surface area (Å²) in [6.45, 7) is 0.0546. The van der Waals surface area contributed by atoms with Gasteiger partial charge in [0.2, 0.25) is 5.78 Å². The Labute approximate surface area is 154 Å². The number of phenolic OH excluding ortho intramolecular Hbond substituents is 1. The molecule has 2 aromatic rings. The molecule has 0 amide bonds. The lowest BCUT2D eigenvalue weighted by molar-refractivity contribution is 0.101. The molecule has 7 heteroatoms. The summed E-state index contributed by atoms with van der Waals surface area (Å²) < 4.78 is 18.7. The minimum absolute atomic E-state index is 0.0110. The van der Waals surface area contributed by atoms with Crippen LogP contribution in [0.1, 0.15) is 21.5 Å². The lowest BCUT2D eigenvalue weighted by atomic mass is 10.0. The molecule has 0 aromatic heterocycles. The largest absolute Gasteiger partial charge is 0.507 e. The Hall–Kier alpha value is -3.68. The number of halogens is 1. The fourth-order valence-electron chi connectivity index (χ4n) is 2.75. The number of ether oxygens (including phenoxy) is 1. The lowest BCUT2D eigenvalue weighted by Crippen LogP contribution is -2.24. The van der Waals surface area contributed by atoms with Gasteiger partial charge in [0, 0.05) is 6.54 Å². The molecule has 6 nitrogen and oxygen atoms in total. The molecule has 2 aromatic carbocycles. The molecule has 1 aliphatic rings. The predicted molar refractivity (Wildman–Crippen MR) is 93.9 cm³/mol. The van der Waals surface area contributed by atoms with Crippen LogP contribution >= 0.6 is 0 Å². The second-order valence-corrected chi connectivity index (χ2v) is 5.89. The maximum absolute atomic E-state index is 13.0. The minimum atomic E-state index is -0.388. The van der Waals surface area contributed by atoms with Gasteiger partial charge in [0.1, 0.15) is 17.3 Å². The molecular weight excluding hydrogens is 349 g/mol. The van der Waals surface area contributed by atoms with E-state index in [4.69, 9.17) is 15.3 Å². The van der Waals surface area contributed by atoms with E-state index in [1.54, 1.807) is 0 Å². The van der Waals surface area contributed by atoms with Gasteiger partial charge >= 0.3 is 0 Å². The van der Waals surface area contributed by atoms with Crippen LogP contribution in [0.4, 0.5) is 4.39 Å². The van der Waals surface area contributed by atoms with E-state index in [2.05, 4.69) is 0 Å². The van der Waals surface area contributed by atoms with Gasteiger partial charge in [-0.1, -0.05) is 12.1 Å². The molecule has 3 rings (SSSR count). The van der Waals surface area contributed by atoms with Crippen LogP contribution in [-0.2, 0) is 6.54 Å². The standard InChI is InChI=1S/C20H14FN3O3/c21-14-3-1-13(2-4-14)11-18-19(26)15-5-6-17(25)16(20(15)27-18)12-24(9-7-22)10-8-23/h1-6,11,25H,9-10,12H2/b18-11-. The number of hydrogen-bond donors (Lipinski definition) is 1. The monoisotopic (exact) mass is 363 g/mol. The molecule has 1 aliphatic heterocycles. The highest BCUT2D eigenvalue weighted by Crippen LogP contribution is 2.40. The van der Waals surface area contributed by atoms with Crippen molar-refractivity contribution in [1.82, 2.24) is 4.90 Å². The first-order valence-electron chi connectivity index (χ1n) is 8.04. The summed E-state index contributed by atoms with van der Waals surface area (Å²) in [5.41, 5.74) is 1.20. The second-order valence-electron chi connectivity index (χ2n) is 5.89. The third kappa shape index (κ3) is 3.79. The number of nitriles is 2. The number of ketones is 1. The minimum Gasteiger partial charge on any atom is -0.507 e. The van der Waals surface area contributed by atoms with E-state index in [0.717, 1.165) is 0 Å². The van der Waals surface area contributed by atoms with Crippen LogP contribution in [0.3, 0.4) is 0 Å². The zero-order valence-electron chi connectivity index (χ0n) is 14.1. The van der Waals surface area contributed by atoms with Crippen molar-refractivity contribution in [3.63, 3.8) is 0 Å². The van der Waals surface area contributed by atoms with Crippen LogP contribution < -0.4 is 4.74 Å². The van der Waals surface area contributed by atoms with Crippen LogP contribution in [0, 0.1) is 28.5 Å². The van der Waals surface area contributed by atoms with Crippen molar-refractivity contribution in [3.8, 4) is 23.6 Å². The predicted octanol–water partition coefficient (Wildman–Crippen LogP) is 3.00. The molecule has 0 unspecified atom stereocenters. The van der Waals surface area contributed by atoms with Gasteiger partial charge in [0.25, 0.3) is 0 Å². The van der Waals surface area contributed by atoms with Gasteiger partial charge in [-0.25, -0.2) is 4.39 Å². The zero-order chi connectivity index (χ0) is 19.4. The van der Waals surface area contributed by atoms with E-state index in [1.165, 1.54) is 47.4 Å². The summed E-state index contributed by atoms with van der Waals surface area (Å²) in [5.74, 6) is -0.584. The van der Waals surface area contributed by atoms with Gasteiger partial charge in [-0.15, -0.1) is 0 Å². The number of hydrogen-bond acceptors (Lipinski definition) is 6. The maximum Gasteiger partial charge on any atom is 0.231 e. The molecule has 0 saturated heterocycles. The summed E-state index contributed by atoms with van der Waals surface area (Å²) in [6, 6.07) is 12.3. The average Bonchev–Trinajstić information content (AvgIpc) is 2.96. The first kappa shape index (κ1) is 18.1. The maximum atomic E-state index is 13.0. The van der Waals surface area contributed by atoms with Crippen LogP contribution in [0.2, 0.25) is 0 Å². The summed E-state index contributed by atoms with van der Waals surface area (Å²) in [6.07, 6.45) is 1.49. The fourth-order valence-corrected chi connectivity index (χ4v) is 2.75. The summed E-state index contributed by atoms with van der Waals surface area (Å²) >= 11 is 0. The lowest BCUT2D eigenvalue weighted by Gasteiger charge is -2.17. The van der Waals surface area contributed by atoms with E-state index in [1.807, 2.05) is 12.1 Å². The second kappa shape index (κ2) is 7.69. The third-order valence-electron chi connectivity index (χ3n) is 4.05. The summed E-state index contributed by atoms with van der Waals surface area (Å²) in [7, 11) is 0. The number of aromatic hydroxyl groups is 1. The Bertz CT molecular complexity index is 985. The van der Waals surface area contributed by atoms with Gasteiger partial charge in [0.15, 0.2) is 5.76 Å². The van der Waals surface area contributed by atoms with E-state index in [9.17, 15) is 14.3 Å². The molecule has 0 saturated carbocycles.